The highest BCUT2D eigenvalue weighted by atomic mass is 15.2. The molecule has 2 aromatic rings. The first-order valence-corrected chi connectivity index (χ1v) is 8.79. The Balaban J connectivity index is 1.54. The van der Waals surface area contributed by atoms with E-state index in [0.29, 0.717) is 6.04 Å². The Morgan fingerprint density at radius 3 is 2.83 bits per heavy atom. The van der Waals surface area contributed by atoms with Crippen molar-refractivity contribution in [3.05, 3.63) is 47.7 Å². The molecule has 0 bridgehead atoms. The molecule has 0 amide bonds. The van der Waals surface area contributed by atoms with Crippen molar-refractivity contribution in [1.29, 1.82) is 0 Å². The maximum Gasteiger partial charge on any atom is 0.225 e. The topological polar surface area (TPSA) is 53.1 Å². The molecule has 1 aliphatic rings. The van der Waals surface area contributed by atoms with Gasteiger partial charge in [0.15, 0.2) is 0 Å². The average Bonchev–Trinajstić information content (AvgIpc) is 2.60. The maximum atomic E-state index is 4.51. The van der Waals surface area contributed by atoms with Crippen LogP contribution >= 0.6 is 0 Å². The minimum absolute atomic E-state index is 0.418. The normalized spacial score (nSPS) is 18.3. The summed E-state index contributed by atoms with van der Waals surface area (Å²) >= 11 is 0. The van der Waals surface area contributed by atoms with Crippen LogP contribution in [0.1, 0.15) is 24.1 Å². The summed E-state index contributed by atoms with van der Waals surface area (Å²) in [6.45, 7) is 5.35. The van der Waals surface area contributed by atoms with Crippen LogP contribution in [0.25, 0.3) is 0 Å². The minimum Gasteiger partial charge on any atom is -0.373 e. The number of hydrogen-bond donors (Lipinski definition) is 2. The van der Waals surface area contributed by atoms with E-state index in [-0.39, 0.29) is 0 Å². The quantitative estimate of drug-likeness (QED) is 0.855. The first kappa shape index (κ1) is 16.7. The van der Waals surface area contributed by atoms with Crippen molar-refractivity contribution in [2.24, 2.45) is 0 Å². The third kappa shape index (κ3) is 4.68. The predicted molar refractivity (Wildman–Crippen MR) is 99.5 cm³/mol. The van der Waals surface area contributed by atoms with Crippen LogP contribution in [0.5, 0.6) is 0 Å². The van der Waals surface area contributed by atoms with E-state index in [0.717, 1.165) is 37.0 Å². The number of rotatable bonds is 6. The van der Waals surface area contributed by atoms with E-state index < -0.39 is 0 Å². The molecule has 1 atom stereocenters. The van der Waals surface area contributed by atoms with Crippen LogP contribution in [0.3, 0.4) is 0 Å². The zero-order valence-electron chi connectivity index (χ0n) is 14.6. The van der Waals surface area contributed by atoms with Crippen LogP contribution in [0.15, 0.2) is 36.4 Å². The summed E-state index contributed by atoms with van der Waals surface area (Å²) in [5.74, 6) is 1.59. The lowest BCUT2D eigenvalue weighted by Crippen LogP contribution is -2.43. The fraction of sp³-hybridized carbons (Fsp3) is 0.474. The number of nitrogens with one attached hydrogen (secondary N) is 2. The third-order valence-corrected chi connectivity index (χ3v) is 4.51. The molecule has 0 saturated carbocycles. The van der Waals surface area contributed by atoms with E-state index in [1.807, 2.05) is 20.0 Å². The molecule has 2 N–H and O–H groups in total. The van der Waals surface area contributed by atoms with E-state index in [1.54, 1.807) is 0 Å². The van der Waals surface area contributed by atoms with Crippen LogP contribution in [0.4, 0.5) is 11.8 Å². The molecule has 0 aliphatic carbocycles. The monoisotopic (exact) mass is 325 g/mol. The highest BCUT2D eigenvalue weighted by Crippen LogP contribution is 2.16. The van der Waals surface area contributed by atoms with Crippen LogP contribution in [-0.2, 0) is 6.42 Å². The van der Waals surface area contributed by atoms with Gasteiger partial charge in [-0.25, -0.2) is 4.98 Å². The van der Waals surface area contributed by atoms with Gasteiger partial charge in [-0.3, -0.25) is 0 Å². The standard InChI is InChI=1S/C19H27N5/c1-15-13-18(20-2)23-19(21-15)22-17-9-6-11-24(14-17)12-10-16-7-4-3-5-8-16/h3-5,7-8,13,17H,6,9-12,14H2,1-2H3,(H2,20,21,22,23)/t17-/m0/s1. The molecule has 1 aromatic heterocycles. The Morgan fingerprint density at radius 1 is 1.21 bits per heavy atom. The number of aryl methyl sites for hydroxylation is 1. The molecule has 1 aliphatic heterocycles. The molecule has 1 fully saturated rings. The molecule has 0 unspecified atom stereocenters. The molecular formula is C19H27N5. The van der Waals surface area contributed by atoms with Crippen LogP contribution in [0, 0.1) is 6.92 Å². The summed E-state index contributed by atoms with van der Waals surface area (Å²) in [5.41, 5.74) is 2.39. The molecule has 1 aromatic carbocycles. The van der Waals surface area contributed by atoms with Crippen molar-refractivity contribution in [2.75, 3.05) is 37.3 Å². The van der Waals surface area contributed by atoms with Gasteiger partial charge in [-0.1, -0.05) is 30.3 Å². The Bertz CT molecular complexity index is 643. The summed E-state index contributed by atoms with van der Waals surface area (Å²) < 4.78 is 0. The number of hydrogen-bond acceptors (Lipinski definition) is 5. The highest BCUT2D eigenvalue weighted by Gasteiger charge is 2.20. The zero-order valence-corrected chi connectivity index (χ0v) is 14.6. The lowest BCUT2D eigenvalue weighted by atomic mass is 10.0. The van der Waals surface area contributed by atoms with Gasteiger partial charge in [-0.2, -0.15) is 4.98 Å². The fourth-order valence-electron chi connectivity index (χ4n) is 3.25. The van der Waals surface area contributed by atoms with Crippen molar-refractivity contribution < 1.29 is 0 Å². The molecule has 24 heavy (non-hydrogen) atoms. The highest BCUT2D eigenvalue weighted by molar-refractivity contribution is 5.42. The minimum atomic E-state index is 0.418. The summed E-state index contributed by atoms with van der Waals surface area (Å²) in [5, 5.41) is 6.61. The van der Waals surface area contributed by atoms with Crippen LogP contribution < -0.4 is 10.6 Å². The van der Waals surface area contributed by atoms with E-state index in [4.69, 9.17) is 0 Å². The number of piperidine rings is 1. The lowest BCUT2D eigenvalue weighted by Gasteiger charge is -2.33. The second-order valence-corrected chi connectivity index (χ2v) is 6.49. The summed E-state index contributed by atoms with van der Waals surface area (Å²) in [6.07, 6.45) is 3.50. The second-order valence-electron chi connectivity index (χ2n) is 6.49. The van der Waals surface area contributed by atoms with Crippen molar-refractivity contribution in [3.63, 3.8) is 0 Å². The smallest absolute Gasteiger partial charge is 0.225 e. The fourth-order valence-corrected chi connectivity index (χ4v) is 3.25. The molecule has 128 valence electrons. The van der Waals surface area contributed by atoms with E-state index in [2.05, 4.69) is 55.8 Å². The molecule has 0 radical (unpaired) electrons. The maximum absolute atomic E-state index is 4.51. The number of aromatic nitrogens is 2. The van der Waals surface area contributed by atoms with Gasteiger partial charge >= 0.3 is 0 Å². The predicted octanol–water partition coefficient (Wildman–Crippen LogP) is 2.95. The second kappa shape index (κ2) is 8.11. The first-order chi connectivity index (χ1) is 11.7. The Labute approximate surface area is 144 Å². The van der Waals surface area contributed by atoms with E-state index in [9.17, 15) is 0 Å². The van der Waals surface area contributed by atoms with Crippen LogP contribution in [0.2, 0.25) is 0 Å². The number of anilines is 2. The molecule has 0 spiro atoms. The Morgan fingerprint density at radius 2 is 2.04 bits per heavy atom. The third-order valence-electron chi connectivity index (χ3n) is 4.51. The molecule has 5 heteroatoms. The van der Waals surface area contributed by atoms with Crippen molar-refractivity contribution in [3.8, 4) is 0 Å². The van der Waals surface area contributed by atoms with Gasteiger partial charge < -0.3 is 15.5 Å². The molecule has 1 saturated heterocycles. The van der Waals surface area contributed by atoms with Gasteiger partial charge in [0.05, 0.1) is 0 Å². The molecule has 3 rings (SSSR count). The van der Waals surface area contributed by atoms with E-state index in [1.165, 1.54) is 24.9 Å². The number of benzene rings is 1. The van der Waals surface area contributed by atoms with Gasteiger partial charge in [-0.15, -0.1) is 0 Å². The largest absolute Gasteiger partial charge is 0.373 e. The average molecular weight is 325 g/mol. The molecular weight excluding hydrogens is 298 g/mol. The number of likely N-dealkylation sites (tertiary alicyclic amines) is 1. The summed E-state index contributed by atoms with van der Waals surface area (Å²) in [6, 6.07) is 13.1. The van der Waals surface area contributed by atoms with Gasteiger partial charge in [0.2, 0.25) is 5.95 Å². The van der Waals surface area contributed by atoms with Crippen molar-refractivity contribution >= 4 is 11.8 Å². The Hall–Kier alpha value is -2.14. The van der Waals surface area contributed by atoms with Crippen molar-refractivity contribution in [1.82, 2.24) is 14.9 Å². The zero-order chi connectivity index (χ0) is 16.8. The molecule has 5 nitrogen and oxygen atoms in total. The SMILES string of the molecule is CNc1cc(C)nc(N[C@H]2CCCN(CCc3ccccc3)C2)n1. The van der Waals surface area contributed by atoms with Crippen LogP contribution in [-0.4, -0.2) is 47.6 Å². The lowest BCUT2D eigenvalue weighted by molar-refractivity contribution is 0.218. The van der Waals surface area contributed by atoms with Gasteiger partial charge in [0.25, 0.3) is 0 Å². The Kier molecular flexibility index (Phi) is 5.64. The molecule has 2 heterocycles. The first-order valence-electron chi connectivity index (χ1n) is 8.79. The summed E-state index contributed by atoms with van der Waals surface area (Å²) in [4.78, 5) is 11.6. The number of nitrogens with zero attached hydrogens (tertiary/aromatic N) is 3. The van der Waals surface area contributed by atoms with Crippen molar-refractivity contribution in [2.45, 2.75) is 32.2 Å². The van der Waals surface area contributed by atoms with E-state index >= 15 is 0 Å². The summed E-state index contributed by atoms with van der Waals surface area (Å²) in [7, 11) is 1.89. The van der Waals surface area contributed by atoms with Gasteiger partial charge in [-0.05, 0) is 38.3 Å². The van der Waals surface area contributed by atoms with Gasteiger partial charge in [0.1, 0.15) is 5.82 Å². The van der Waals surface area contributed by atoms with Gasteiger partial charge in [0, 0.05) is 37.9 Å².